The monoisotopic (exact) mass is 245 g/mol. The fourth-order valence-electron chi connectivity index (χ4n) is 1.81. The van der Waals surface area contributed by atoms with E-state index >= 15 is 0 Å². The molecular formula is C13H19N5. The van der Waals surface area contributed by atoms with Gasteiger partial charge in [-0.1, -0.05) is 0 Å². The fourth-order valence-corrected chi connectivity index (χ4v) is 1.81. The maximum absolute atomic E-state index is 4.45. The molecule has 0 fully saturated rings. The summed E-state index contributed by atoms with van der Waals surface area (Å²) in [6.45, 7) is 6.90. The van der Waals surface area contributed by atoms with Gasteiger partial charge in [0.2, 0.25) is 0 Å². The minimum atomic E-state index is 0.680. The summed E-state index contributed by atoms with van der Waals surface area (Å²) in [6.07, 6.45) is 5.42. The van der Waals surface area contributed by atoms with Gasteiger partial charge in [-0.2, -0.15) is 0 Å². The van der Waals surface area contributed by atoms with Crippen LogP contribution < -0.4 is 10.2 Å². The largest absolute Gasteiger partial charge is 0.377 e. The van der Waals surface area contributed by atoms with Crippen LogP contribution in [0.1, 0.15) is 19.7 Å². The first kappa shape index (κ1) is 12.4. The Morgan fingerprint density at radius 1 is 1.22 bits per heavy atom. The van der Waals surface area contributed by atoms with Crippen molar-refractivity contribution in [3.05, 3.63) is 36.5 Å². The highest BCUT2D eigenvalue weighted by Gasteiger charge is 2.02. The number of H-pyrrole nitrogens is 1. The molecule has 2 rings (SSSR count). The van der Waals surface area contributed by atoms with Crippen molar-refractivity contribution in [1.29, 1.82) is 0 Å². The summed E-state index contributed by atoms with van der Waals surface area (Å²) < 4.78 is 0. The van der Waals surface area contributed by atoms with Gasteiger partial charge in [-0.25, -0.2) is 9.97 Å². The van der Waals surface area contributed by atoms with Gasteiger partial charge in [0.15, 0.2) is 0 Å². The minimum absolute atomic E-state index is 0.680. The van der Waals surface area contributed by atoms with Crippen LogP contribution in [0.2, 0.25) is 0 Å². The van der Waals surface area contributed by atoms with Crippen molar-refractivity contribution in [2.45, 2.75) is 20.4 Å². The SMILES string of the molecule is CCN(CC)c1ccc(NCc2ncc[nH]2)cn1. The number of aromatic nitrogens is 3. The Morgan fingerprint density at radius 3 is 2.61 bits per heavy atom. The van der Waals surface area contributed by atoms with Crippen LogP contribution in [0.25, 0.3) is 0 Å². The maximum Gasteiger partial charge on any atom is 0.128 e. The summed E-state index contributed by atoms with van der Waals surface area (Å²) >= 11 is 0. The van der Waals surface area contributed by atoms with Gasteiger partial charge >= 0.3 is 0 Å². The summed E-state index contributed by atoms with van der Waals surface area (Å²) in [5.41, 5.74) is 1.00. The summed E-state index contributed by atoms with van der Waals surface area (Å²) in [5, 5.41) is 3.27. The van der Waals surface area contributed by atoms with Crippen LogP contribution in [0.15, 0.2) is 30.7 Å². The fraction of sp³-hybridized carbons (Fsp3) is 0.385. The van der Waals surface area contributed by atoms with Crippen LogP contribution in [0.3, 0.4) is 0 Å². The smallest absolute Gasteiger partial charge is 0.128 e. The number of hydrogen-bond donors (Lipinski definition) is 2. The molecule has 0 radical (unpaired) electrons. The lowest BCUT2D eigenvalue weighted by atomic mass is 10.3. The first-order chi connectivity index (χ1) is 8.83. The number of anilines is 2. The van der Waals surface area contributed by atoms with Gasteiger partial charge in [0, 0.05) is 25.5 Å². The summed E-state index contributed by atoms with van der Waals surface area (Å²) in [6, 6.07) is 4.08. The molecule has 0 saturated heterocycles. The zero-order valence-electron chi connectivity index (χ0n) is 10.8. The summed E-state index contributed by atoms with van der Waals surface area (Å²) in [4.78, 5) is 13.9. The molecule has 2 N–H and O–H groups in total. The highest BCUT2D eigenvalue weighted by Crippen LogP contribution is 2.14. The third-order valence-electron chi connectivity index (χ3n) is 2.85. The van der Waals surface area contributed by atoms with Gasteiger partial charge in [0.25, 0.3) is 0 Å². The lowest BCUT2D eigenvalue weighted by molar-refractivity contribution is 0.846. The van der Waals surface area contributed by atoms with E-state index in [0.717, 1.165) is 30.4 Å². The van der Waals surface area contributed by atoms with Gasteiger partial charge in [0.05, 0.1) is 18.4 Å². The van der Waals surface area contributed by atoms with Gasteiger partial charge in [-0.05, 0) is 26.0 Å². The standard InChI is InChI=1S/C13H19N5/c1-3-18(4-2)13-6-5-11(9-17-13)16-10-12-14-7-8-15-12/h5-9,16H,3-4,10H2,1-2H3,(H,14,15). The zero-order valence-corrected chi connectivity index (χ0v) is 10.8. The Labute approximate surface area is 107 Å². The second kappa shape index (κ2) is 6.05. The molecule has 0 unspecified atom stereocenters. The van der Waals surface area contributed by atoms with Gasteiger partial charge in [-0.3, -0.25) is 0 Å². The van der Waals surface area contributed by atoms with Gasteiger partial charge in [0.1, 0.15) is 11.6 Å². The predicted molar refractivity (Wildman–Crippen MR) is 73.7 cm³/mol. The maximum atomic E-state index is 4.45. The third-order valence-corrected chi connectivity index (χ3v) is 2.85. The highest BCUT2D eigenvalue weighted by molar-refractivity contribution is 5.48. The lowest BCUT2D eigenvalue weighted by Gasteiger charge is -2.19. The van der Waals surface area contributed by atoms with Crippen molar-refractivity contribution < 1.29 is 0 Å². The van der Waals surface area contributed by atoms with Crippen LogP contribution in [-0.4, -0.2) is 28.0 Å². The van der Waals surface area contributed by atoms with Crippen molar-refractivity contribution in [3.63, 3.8) is 0 Å². The van der Waals surface area contributed by atoms with E-state index in [9.17, 15) is 0 Å². The average Bonchev–Trinajstić information content (AvgIpc) is 2.92. The molecule has 0 spiro atoms. The van der Waals surface area contributed by atoms with E-state index in [1.807, 2.05) is 24.5 Å². The second-order valence-corrected chi connectivity index (χ2v) is 3.97. The van der Waals surface area contributed by atoms with E-state index in [-0.39, 0.29) is 0 Å². The third kappa shape index (κ3) is 3.00. The number of imidazole rings is 1. The summed E-state index contributed by atoms with van der Waals surface area (Å²) in [5.74, 6) is 1.94. The Bertz CT molecular complexity index is 445. The first-order valence-electron chi connectivity index (χ1n) is 6.26. The van der Waals surface area contributed by atoms with Crippen molar-refractivity contribution in [2.24, 2.45) is 0 Å². The quantitative estimate of drug-likeness (QED) is 0.819. The number of nitrogens with one attached hydrogen (secondary N) is 2. The Morgan fingerprint density at radius 2 is 2.06 bits per heavy atom. The molecule has 2 heterocycles. The van der Waals surface area contributed by atoms with Crippen LogP contribution >= 0.6 is 0 Å². The van der Waals surface area contributed by atoms with Crippen molar-refractivity contribution in [1.82, 2.24) is 15.0 Å². The Hall–Kier alpha value is -2.04. The van der Waals surface area contributed by atoms with E-state index in [0.29, 0.717) is 6.54 Å². The van der Waals surface area contributed by atoms with E-state index < -0.39 is 0 Å². The molecule has 0 bridgehead atoms. The van der Waals surface area contributed by atoms with Gasteiger partial charge in [-0.15, -0.1) is 0 Å². The van der Waals surface area contributed by atoms with Crippen LogP contribution in [-0.2, 0) is 6.54 Å². The summed E-state index contributed by atoms with van der Waals surface area (Å²) in [7, 11) is 0. The molecule has 2 aromatic heterocycles. The highest BCUT2D eigenvalue weighted by atomic mass is 15.2. The van der Waals surface area contributed by atoms with Crippen molar-refractivity contribution >= 4 is 11.5 Å². The zero-order chi connectivity index (χ0) is 12.8. The molecule has 0 aliphatic carbocycles. The number of pyridine rings is 1. The molecule has 0 saturated carbocycles. The molecule has 0 atom stereocenters. The molecule has 0 aromatic carbocycles. The first-order valence-corrected chi connectivity index (χ1v) is 6.26. The molecular weight excluding hydrogens is 226 g/mol. The van der Waals surface area contributed by atoms with E-state index in [2.05, 4.69) is 39.0 Å². The normalized spacial score (nSPS) is 10.3. The van der Waals surface area contributed by atoms with E-state index in [1.54, 1.807) is 6.20 Å². The number of nitrogens with zero attached hydrogens (tertiary/aromatic N) is 3. The van der Waals surface area contributed by atoms with Crippen LogP contribution in [0.4, 0.5) is 11.5 Å². The molecule has 0 aliphatic heterocycles. The second-order valence-electron chi connectivity index (χ2n) is 3.97. The van der Waals surface area contributed by atoms with Crippen LogP contribution in [0, 0.1) is 0 Å². The minimum Gasteiger partial charge on any atom is -0.377 e. The molecule has 96 valence electrons. The van der Waals surface area contributed by atoms with Crippen LogP contribution in [0.5, 0.6) is 0 Å². The molecule has 0 amide bonds. The number of rotatable bonds is 6. The van der Waals surface area contributed by atoms with Crippen molar-refractivity contribution in [3.8, 4) is 0 Å². The predicted octanol–water partition coefficient (Wildman–Crippen LogP) is 2.26. The topological polar surface area (TPSA) is 56.8 Å². The number of aromatic amines is 1. The molecule has 5 heteroatoms. The molecule has 18 heavy (non-hydrogen) atoms. The molecule has 5 nitrogen and oxygen atoms in total. The van der Waals surface area contributed by atoms with E-state index in [1.165, 1.54) is 0 Å². The van der Waals surface area contributed by atoms with E-state index in [4.69, 9.17) is 0 Å². The number of hydrogen-bond acceptors (Lipinski definition) is 4. The molecule has 0 aliphatic rings. The Kier molecular flexibility index (Phi) is 4.17. The van der Waals surface area contributed by atoms with Crippen molar-refractivity contribution in [2.75, 3.05) is 23.3 Å². The average molecular weight is 245 g/mol. The van der Waals surface area contributed by atoms with Gasteiger partial charge < -0.3 is 15.2 Å². The Balaban J connectivity index is 1.95. The molecule has 2 aromatic rings. The lowest BCUT2D eigenvalue weighted by Crippen LogP contribution is -2.22.